The highest BCUT2D eigenvalue weighted by Crippen LogP contribution is 2.33. The first-order valence-corrected chi connectivity index (χ1v) is 10.5. The molecule has 1 saturated heterocycles. The monoisotopic (exact) mass is 351 g/mol. The molecule has 0 aromatic heterocycles. The maximum Gasteiger partial charge on any atom is 0.0907 e. The molecule has 2 fully saturated rings. The van der Waals surface area contributed by atoms with E-state index in [1.807, 2.05) is 0 Å². The zero-order valence-corrected chi connectivity index (χ0v) is 16.2. The second-order valence-corrected chi connectivity index (χ2v) is 8.95. The number of aliphatic hydroxyl groups is 1. The van der Waals surface area contributed by atoms with Gasteiger partial charge in [-0.25, -0.2) is 0 Å². The molecule has 3 aliphatic rings. The second-order valence-electron chi connectivity index (χ2n) is 8.95. The van der Waals surface area contributed by atoms with E-state index in [9.17, 15) is 5.11 Å². The lowest BCUT2D eigenvalue weighted by atomic mass is 9.81. The molecule has 1 aromatic carbocycles. The molecule has 1 N–H and O–H groups in total. The fourth-order valence-corrected chi connectivity index (χ4v) is 5.00. The van der Waals surface area contributed by atoms with Gasteiger partial charge in [-0.1, -0.05) is 75.5 Å². The van der Waals surface area contributed by atoms with Gasteiger partial charge in [0.05, 0.1) is 5.76 Å². The molecule has 2 aliphatic carbocycles. The minimum Gasteiger partial charge on any atom is -0.513 e. The van der Waals surface area contributed by atoms with Gasteiger partial charge in [-0.15, -0.1) is 0 Å². The first kappa shape index (κ1) is 17.9. The summed E-state index contributed by atoms with van der Waals surface area (Å²) in [4.78, 5) is 2.43. The standard InChI is InChI=1S/C24H33NO/c1-17-10-22-12-20(11-19-6-4-3-5-7-19)8-9-21(22)13-23(17)14-25-15-24(16-25)18(2)26/h8-9,12-13,17,19,24,26H,2-7,10-11,14-16H2,1H3. The summed E-state index contributed by atoms with van der Waals surface area (Å²) in [6.45, 7) is 8.97. The van der Waals surface area contributed by atoms with Crippen molar-refractivity contribution in [2.24, 2.45) is 17.8 Å². The van der Waals surface area contributed by atoms with Crippen LogP contribution < -0.4 is 0 Å². The van der Waals surface area contributed by atoms with Gasteiger partial charge in [0.15, 0.2) is 0 Å². The van der Waals surface area contributed by atoms with Crippen molar-refractivity contribution < 1.29 is 5.11 Å². The van der Waals surface area contributed by atoms with Crippen LogP contribution in [-0.2, 0) is 12.8 Å². The van der Waals surface area contributed by atoms with Crippen molar-refractivity contribution in [2.75, 3.05) is 19.6 Å². The molecule has 0 radical (unpaired) electrons. The summed E-state index contributed by atoms with van der Waals surface area (Å²) in [5, 5.41) is 9.49. The number of aliphatic hydroxyl groups excluding tert-OH is 1. The van der Waals surface area contributed by atoms with Crippen molar-refractivity contribution in [3.63, 3.8) is 0 Å². The molecule has 26 heavy (non-hydrogen) atoms. The lowest BCUT2D eigenvalue weighted by Gasteiger charge is -2.40. The molecule has 2 nitrogen and oxygen atoms in total. The summed E-state index contributed by atoms with van der Waals surface area (Å²) in [6, 6.07) is 7.21. The van der Waals surface area contributed by atoms with Crippen molar-refractivity contribution in [1.82, 2.24) is 4.90 Å². The van der Waals surface area contributed by atoms with Crippen molar-refractivity contribution in [3.05, 3.63) is 52.8 Å². The maximum atomic E-state index is 9.49. The molecule has 0 amide bonds. The molecule has 1 aliphatic heterocycles. The molecule has 0 bridgehead atoms. The minimum atomic E-state index is 0.282. The number of likely N-dealkylation sites (tertiary alicyclic amines) is 1. The molecule has 1 unspecified atom stereocenters. The fraction of sp³-hybridized carbons (Fsp3) is 0.583. The van der Waals surface area contributed by atoms with Crippen LogP contribution in [0.1, 0.15) is 55.7 Å². The van der Waals surface area contributed by atoms with E-state index in [0.29, 0.717) is 11.7 Å². The van der Waals surface area contributed by atoms with Gasteiger partial charge in [0.1, 0.15) is 0 Å². The Balaban J connectivity index is 1.41. The van der Waals surface area contributed by atoms with Gasteiger partial charge in [0.2, 0.25) is 0 Å². The molecule has 2 heteroatoms. The predicted octanol–water partition coefficient (Wildman–Crippen LogP) is 5.39. The molecule has 1 heterocycles. The Labute approximate surface area is 158 Å². The van der Waals surface area contributed by atoms with Gasteiger partial charge in [0.25, 0.3) is 0 Å². The summed E-state index contributed by atoms with van der Waals surface area (Å²) in [5.41, 5.74) is 6.06. The Morgan fingerprint density at radius 1 is 1.19 bits per heavy atom. The van der Waals surface area contributed by atoms with Crippen LogP contribution in [0.5, 0.6) is 0 Å². The van der Waals surface area contributed by atoms with Crippen LogP contribution in [0, 0.1) is 17.8 Å². The number of rotatable bonds is 5. The molecular weight excluding hydrogens is 318 g/mol. The van der Waals surface area contributed by atoms with Gasteiger partial charge in [0, 0.05) is 25.6 Å². The van der Waals surface area contributed by atoms with Crippen LogP contribution >= 0.6 is 0 Å². The van der Waals surface area contributed by atoms with E-state index in [0.717, 1.165) is 25.6 Å². The van der Waals surface area contributed by atoms with Gasteiger partial charge < -0.3 is 5.11 Å². The number of hydrogen-bond acceptors (Lipinski definition) is 2. The molecule has 1 atom stereocenters. The summed E-state index contributed by atoms with van der Waals surface area (Å²) in [7, 11) is 0. The van der Waals surface area contributed by atoms with Crippen LogP contribution in [0.25, 0.3) is 6.08 Å². The van der Waals surface area contributed by atoms with Crippen molar-refractivity contribution >= 4 is 6.08 Å². The minimum absolute atomic E-state index is 0.282. The van der Waals surface area contributed by atoms with Crippen LogP contribution in [0.3, 0.4) is 0 Å². The highest BCUT2D eigenvalue weighted by Gasteiger charge is 2.30. The second kappa shape index (κ2) is 7.60. The smallest absolute Gasteiger partial charge is 0.0907 e. The molecule has 1 aromatic rings. The van der Waals surface area contributed by atoms with Gasteiger partial charge in [-0.05, 0) is 41.4 Å². The fourth-order valence-electron chi connectivity index (χ4n) is 5.00. The topological polar surface area (TPSA) is 23.5 Å². The van der Waals surface area contributed by atoms with Crippen LogP contribution in [0.15, 0.2) is 36.1 Å². The number of fused-ring (bicyclic) bond motifs is 1. The third-order valence-corrected chi connectivity index (χ3v) is 6.79. The SMILES string of the molecule is C=C(O)C1CN(CC2=Cc3ccc(CC4CCCCC4)cc3CC2C)C1. The Morgan fingerprint density at radius 3 is 2.69 bits per heavy atom. The quantitative estimate of drug-likeness (QED) is 0.719. The highest BCUT2D eigenvalue weighted by molar-refractivity contribution is 5.61. The van der Waals surface area contributed by atoms with Gasteiger partial charge in [-0.2, -0.15) is 0 Å². The summed E-state index contributed by atoms with van der Waals surface area (Å²) in [6.07, 6.45) is 12.0. The van der Waals surface area contributed by atoms with E-state index in [4.69, 9.17) is 0 Å². The normalized spacial score (nSPS) is 24.7. The first-order valence-electron chi connectivity index (χ1n) is 10.5. The number of nitrogens with zero attached hydrogens (tertiary/aromatic N) is 1. The van der Waals surface area contributed by atoms with Crippen molar-refractivity contribution in [3.8, 4) is 0 Å². The van der Waals surface area contributed by atoms with E-state index in [1.165, 1.54) is 50.5 Å². The number of hydrogen-bond donors (Lipinski definition) is 1. The molecule has 0 spiro atoms. The van der Waals surface area contributed by atoms with Gasteiger partial charge in [-0.3, -0.25) is 4.90 Å². The average molecular weight is 352 g/mol. The molecule has 140 valence electrons. The summed E-state index contributed by atoms with van der Waals surface area (Å²) >= 11 is 0. The Bertz CT molecular complexity index is 692. The van der Waals surface area contributed by atoms with Crippen LogP contribution in [0.4, 0.5) is 0 Å². The van der Waals surface area contributed by atoms with E-state index in [-0.39, 0.29) is 5.92 Å². The Kier molecular flexibility index (Phi) is 5.22. The average Bonchev–Trinajstić information content (AvgIpc) is 2.58. The number of benzene rings is 1. The highest BCUT2D eigenvalue weighted by atomic mass is 16.3. The Morgan fingerprint density at radius 2 is 1.96 bits per heavy atom. The Hall–Kier alpha value is -1.54. The van der Waals surface area contributed by atoms with E-state index >= 15 is 0 Å². The zero-order chi connectivity index (χ0) is 18.1. The lowest BCUT2D eigenvalue weighted by Crippen LogP contribution is -2.48. The summed E-state index contributed by atoms with van der Waals surface area (Å²) < 4.78 is 0. The predicted molar refractivity (Wildman–Crippen MR) is 109 cm³/mol. The van der Waals surface area contributed by atoms with Crippen LogP contribution in [-0.4, -0.2) is 29.6 Å². The molecule has 4 rings (SSSR count). The summed E-state index contributed by atoms with van der Waals surface area (Å²) in [5.74, 6) is 2.16. The maximum absolute atomic E-state index is 9.49. The van der Waals surface area contributed by atoms with Crippen molar-refractivity contribution in [2.45, 2.75) is 51.9 Å². The van der Waals surface area contributed by atoms with E-state index < -0.39 is 0 Å². The van der Waals surface area contributed by atoms with E-state index in [1.54, 1.807) is 16.7 Å². The van der Waals surface area contributed by atoms with E-state index in [2.05, 4.69) is 42.7 Å². The molecular formula is C24H33NO. The lowest BCUT2D eigenvalue weighted by molar-refractivity contribution is 0.102. The third-order valence-electron chi connectivity index (χ3n) is 6.79. The van der Waals surface area contributed by atoms with Crippen LogP contribution in [0.2, 0.25) is 0 Å². The van der Waals surface area contributed by atoms with Gasteiger partial charge >= 0.3 is 0 Å². The first-order chi connectivity index (χ1) is 12.6. The zero-order valence-electron chi connectivity index (χ0n) is 16.2. The van der Waals surface area contributed by atoms with Crippen molar-refractivity contribution in [1.29, 1.82) is 0 Å². The third kappa shape index (κ3) is 3.91. The largest absolute Gasteiger partial charge is 0.513 e. The molecule has 1 saturated carbocycles.